The Morgan fingerprint density at radius 2 is 1.79 bits per heavy atom. The number of piperazine rings is 1. The fourth-order valence-electron chi connectivity index (χ4n) is 2.28. The number of benzene rings is 1. The molecule has 4 heteroatoms. The van der Waals surface area contributed by atoms with Crippen molar-refractivity contribution in [2.24, 2.45) is 5.92 Å². The molecule has 4 nitrogen and oxygen atoms in total. The first kappa shape index (κ1) is 13.6. The lowest BCUT2D eigenvalue weighted by atomic mass is 9.94. The van der Waals surface area contributed by atoms with Crippen molar-refractivity contribution in [1.82, 2.24) is 10.6 Å². The van der Waals surface area contributed by atoms with Gasteiger partial charge in [0.1, 0.15) is 12.1 Å². The van der Waals surface area contributed by atoms with Gasteiger partial charge in [-0.1, -0.05) is 50.6 Å². The van der Waals surface area contributed by atoms with E-state index in [-0.39, 0.29) is 17.7 Å². The molecule has 102 valence electrons. The minimum absolute atomic E-state index is 0.0742. The summed E-state index contributed by atoms with van der Waals surface area (Å²) >= 11 is 0. The zero-order valence-electron chi connectivity index (χ0n) is 11.3. The van der Waals surface area contributed by atoms with Crippen molar-refractivity contribution >= 4 is 11.8 Å². The number of carbonyl (C=O) groups is 2. The Hall–Kier alpha value is -1.84. The number of amides is 2. The van der Waals surface area contributed by atoms with Crippen molar-refractivity contribution in [3.8, 4) is 0 Å². The molecule has 0 aliphatic carbocycles. The first-order valence-corrected chi connectivity index (χ1v) is 6.76. The zero-order valence-corrected chi connectivity index (χ0v) is 11.3. The first-order valence-electron chi connectivity index (χ1n) is 6.76. The monoisotopic (exact) mass is 260 g/mol. The lowest BCUT2D eigenvalue weighted by Crippen LogP contribution is -2.63. The Kier molecular flexibility index (Phi) is 4.20. The molecule has 0 saturated carbocycles. The minimum Gasteiger partial charge on any atom is -0.342 e. The lowest BCUT2D eigenvalue weighted by molar-refractivity contribution is -0.138. The molecule has 1 aromatic rings. The third-order valence-electron chi connectivity index (χ3n) is 3.71. The number of hydrogen-bond donors (Lipinski definition) is 2. The van der Waals surface area contributed by atoms with E-state index in [1.165, 1.54) is 0 Å². The van der Waals surface area contributed by atoms with E-state index in [1.807, 2.05) is 44.2 Å². The van der Waals surface area contributed by atoms with Crippen molar-refractivity contribution in [2.45, 2.75) is 38.8 Å². The first-order chi connectivity index (χ1) is 9.11. The second-order valence-electron chi connectivity index (χ2n) is 5.12. The molecule has 0 spiro atoms. The molecule has 2 amide bonds. The maximum Gasteiger partial charge on any atom is 0.243 e. The molecule has 1 saturated heterocycles. The number of rotatable bonds is 4. The molecule has 0 bridgehead atoms. The van der Waals surface area contributed by atoms with Crippen LogP contribution in [-0.2, 0) is 16.0 Å². The fourth-order valence-corrected chi connectivity index (χ4v) is 2.28. The van der Waals surface area contributed by atoms with E-state index in [2.05, 4.69) is 10.6 Å². The summed E-state index contributed by atoms with van der Waals surface area (Å²) < 4.78 is 0. The molecule has 1 aromatic carbocycles. The van der Waals surface area contributed by atoms with Crippen LogP contribution in [0.5, 0.6) is 0 Å². The van der Waals surface area contributed by atoms with Crippen molar-refractivity contribution in [3.63, 3.8) is 0 Å². The smallest absolute Gasteiger partial charge is 0.243 e. The Balaban J connectivity index is 2.03. The van der Waals surface area contributed by atoms with Crippen LogP contribution < -0.4 is 10.6 Å². The third-order valence-corrected chi connectivity index (χ3v) is 3.71. The van der Waals surface area contributed by atoms with E-state index in [9.17, 15) is 9.59 Å². The molecule has 2 N–H and O–H groups in total. The summed E-state index contributed by atoms with van der Waals surface area (Å²) in [5.74, 6) is -0.00902. The Morgan fingerprint density at radius 1 is 1.11 bits per heavy atom. The average molecular weight is 260 g/mol. The van der Waals surface area contributed by atoms with Gasteiger partial charge >= 0.3 is 0 Å². The van der Waals surface area contributed by atoms with Gasteiger partial charge in [0, 0.05) is 6.42 Å². The molecule has 0 aromatic heterocycles. The van der Waals surface area contributed by atoms with Crippen LogP contribution in [0.3, 0.4) is 0 Å². The van der Waals surface area contributed by atoms with E-state index in [4.69, 9.17) is 0 Å². The topological polar surface area (TPSA) is 58.2 Å². The Bertz CT molecular complexity index is 458. The van der Waals surface area contributed by atoms with Crippen LogP contribution in [0, 0.1) is 5.92 Å². The Labute approximate surface area is 113 Å². The van der Waals surface area contributed by atoms with Gasteiger partial charge in [0.2, 0.25) is 11.8 Å². The number of hydrogen-bond acceptors (Lipinski definition) is 2. The summed E-state index contributed by atoms with van der Waals surface area (Å²) in [5.41, 5.74) is 1.05. The third kappa shape index (κ3) is 3.13. The van der Waals surface area contributed by atoms with E-state index >= 15 is 0 Å². The maximum atomic E-state index is 12.0. The molecule has 1 aliphatic heterocycles. The molecular formula is C15H20N2O2. The summed E-state index contributed by atoms with van der Waals surface area (Å²) in [4.78, 5) is 24.1. The van der Waals surface area contributed by atoms with Gasteiger partial charge in [-0.3, -0.25) is 9.59 Å². The van der Waals surface area contributed by atoms with Gasteiger partial charge in [-0.05, 0) is 11.5 Å². The van der Waals surface area contributed by atoms with Crippen LogP contribution in [0.25, 0.3) is 0 Å². The van der Waals surface area contributed by atoms with E-state index in [1.54, 1.807) is 0 Å². The molecule has 1 unspecified atom stereocenters. The highest BCUT2D eigenvalue weighted by atomic mass is 16.2. The largest absolute Gasteiger partial charge is 0.342 e. The van der Waals surface area contributed by atoms with Crippen molar-refractivity contribution in [2.75, 3.05) is 0 Å². The summed E-state index contributed by atoms with van der Waals surface area (Å²) in [6.07, 6.45) is 1.40. The highest BCUT2D eigenvalue weighted by molar-refractivity contribution is 5.97. The minimum atomic E-state index is -0.463. The van der Waals surface area contributed by atoms with Gasteiger partial charge in [0.05, 0.1) is 0 Å². The van der Waals surface area contributed by atoms with E-state index in [0.717, 1.165) is 12.0 Å². The normalized spacial score (nSPS) is 24.5. The van der Waals surface area contributed by atoms with Crippen LogP contribution >= 0.6 is 0 Å². The summed E-state index contributed by atoms with van der Waals surface area (Å²) in [6, 6.07) is 8.85. The molecule has 19 heavy (non-hydrogen) atoms. The SMILES string of the molecule is CCC(C)[C@@H]1NC(=O)[C@H](Cc2ccccc2)NC1=O. The van der Waals surface area contributed by atoms with Crippen molar-refractivity contribution in [1.29, 1.82) is 0 Å². The van der Waals surface area contributed by atoms with Gasteiger partial charge in [-0.25, -0.2) is 0 Å². The predicted octanol–water partition coefficient (Wildman–Crippen LogP) is 1.26. The highest BCUT2D eigenvalue weighted by Crippen LogP contribution is 2.13. The standard InChI is InChI=1S/C15H20N2O2/c1-3-10(2)13-15(19)16-12(14(18)17-13)9-11-7-5-4-6-8-11/h4-8,10,12-13H,3,9H2,1-2H3,(H,16,19)(H,17,18)/t10?,12-,13-/m0/s1. The summed E-state index contributed by atoms with van der Waals surface area (Å²) in [6.45, 7) is 3.99. The summed E-state index contributed by atoms with van der Waals surface area (Å²) in [7, 11) is 0. The lowest BCUT2D eigenvalue weighted by Gasteiger charge is -2.32. The van der Waals surface area contributed by atoms with Crippen LogP contribution in [0.15, 0.2) is 30.3 Å². The number of nitrogens with one attached hydrogen (secondary N) is 2. The molecule has 0 radical (unpaired) electrons. The van der Waals surface area contributed by atoms with E-state index in [0.29, 0.717) is 6.42 Å². The fraction of sp³-hybridized carbons (Fsp3) is 0.467. The second-order valence-corrected chi connectivity index (χ2v) is 5.12. The second kappa shape index (κ2) is 5.87. The van der Waals surface area contributed by atoms with Gasteiger partial charge in [-0.2, -0.15) is 0 Å². The van der Waals surface area contributed by atoms with Crippen LogP contribution in [0.4, 0.5) is 0 Å². The Morgan fingerprint density at radius 3 is 2.42 bits per heavy atom. The van der Waals surface area contributed by atoms with Crippen LogP contribution in [0.2, 0.25) is 0 Å². The predicted molar refractivity (Wildman–Crippen MR) is 73.5 cm³/mol. The molecular weight excluding hydrogens is 240 g/mol. The van der Waals surface area contributed by atoms with Gasteiger partial charge in [0.25, 0.3) is 0 Å². The van der Waals surface area contributed by atoms with Crippen LogP contribution in [0.1, 0.15) is 25.8 Å². The summed E-state index contributed by atoms with van der Waals surface area (Å²) in [5, 5.41) is 5.67. The van der Waals surface area contributed by atoms with E-state index < -0.39 is 12.1 Å². The average Bonchev–Trinajstić information content (AvgIpc) is 2.43. The molecule has 1 aliphatic rings. The van der Waals surface area contributed by atoms with Crippen molar-refractivity contribution in [3.05, 3.63) is 35.9 Å². The van der Waals surface area contributed by atoms with Crippen molar-refractivity contribution < 1.29 is 9.59 Å². The molecule has 1 fully saturated rings. The maximum absolute atomic E-state index is 12.0. The van der Waals surface area contributed by atoms with Gasteiger partial charge < -0.3 is 10.6 Å². The molecule has 2 rings (SSSR count). The number of carbonyl (C=O) groups excluding carboxylic acids is 2. The highest BCUT2D eigenvalue weighted by Gasteiger charge is 2.35. The molecule has 3 atom stereocenters. The molecule has 1 heterocycles. The van der Waals surface area contributed by atoms with Gasteiger partial charge in [0.15, 0.2) is 0 Å². The van der Waals surface area contributed by atoms with Gasteiger partial charge in [-0.15, -0.1) is 0 Å². The zero-order chi connectivity index (χ0) is 13.8. The quantitative estimate of drug-likeness (QED) is 0.856. The van der Waals surface area contributed by atoms with Crippen LogP contribution in [-0.4, -0.2) is 23.9 Å².